The van der Waals surface area contributed by atoms with Crippen molar-refractivity contribution in [3.05, 3.63) is 11.8 Å². The summed E-state index contributed by atoms with van der Waals surface area (Å²) in [6.45, 7) is 3.22. The zero-order valence-electron chi connectivity index (χ0n) is 9.56. The van der Waals surface area contributed by atoms with Gasteiger partial charge < -0.3 is 20.1 Å². The number of carbonyl (C=O) groups is 2. The Bertz CT molecular complexity index is 428. The summed E-state index contributed by atoms with van der Waals surface area (Å²) in [5.41, 5.74) is -1.37. The molecule has 0 spiro atoms. The maximum absolute atomic E-state index is 11.6. The molecule has 7 heteroatoms. The minimum atomic E-state index is -1.37. The van der Waals surface area contributed by atoms with Gasteiger partial charge in [0.05, 0.1) is 6.07 Å². The molecular weight excluding hydrogens is 228 g/mol. The third-order valence-corrected chi connectivity index (χ3v) is 2.33. The Morgan fingerprint density at radius 2 is 2.24 bits per heavy atom. The lowest BCUT2D eigenvalue weighted by Crippen LogP contribution is -2.52. The number of aromatic nitrogens is 1. The lowest BCUT2D eigenvalue weighted by atomic mass is 9.96. The van der Waals surface area contributed by atoms with Crippen molar-refractivity contribution in [1.82, 2.24) is 10.5 Å². The molecule has 1 rings (SSSR count). The first-order chi connectivity index (χ1) is 7.89. The third kappa shape index (κ3) is 2.96. The Balaban J connectivity index is 2.81. The van der Waals surface area contributed by atoms with E-state index < -0.39 is 23.3 Å². The van der Waals surface area contributed by atoms with Crippen LogP contribution in [0.5, 0.6) is 5.88 Å². The number of nitrogens with zero attached hydrogens (tertiary/aromatic N) is 1. The summed E-state index contributed by atoms with van der Waals surface area (Å²) < 4.78 is 4.52. The van der Waals surface area contributed by atoms with Gasteiger partial charge in [-0.1, -0.05) is 13.3 Å². The van der Waals surface area contributed by atoms with Crippen LogP contribution in [0, 0.1) is 0 Å². The molecule has 0 aromatic carbocycles. The van der Waals surface area contributed by atoms with Crippen LogP contribution in [0.1, 0.15) is 37.2 Å². The van der Waals surface area contributed by atoms with Crippen LogP contribution >= 0.6 is 0 Å². The summed E-state index contributed by atoms with van der Waals surface area (Å²) in [6.07, 6.45) is 0.888. The average molecular weight is 242 g/mol. The second-order valence-corrected chi connectivity index (χ2v) is 3.89. The van der Waals surface area contributed by atoms with Crippen molar-refractivity contribution in [3.8, 4) is 5.88 Å². The minimum absolute atomic E-state index is 0.230. The van der Waals surface area contributed by atoms with E-state index in [0.717, 1.165) is 6.07 Å². The molecular formula is C10H14N2O5. The van der Waals surface area contributed by atoms with E-state index >= 15 is 0 Å². The highest BCUT2D eigenvalue weighted by atomic mass is 16.5. The van der Waals surface area contributed by atoms with E-state index in [1.54, 1.807) is 0 Å². The highest BCUT2D eigenvalue weighted by Crippen LogP contribution is 2.15. The summed E-state index contributed by atoms with van der Waals surface area (Å²) in [6, 6.07) is 1.02. The molecule has 1 aromatic rings. The SMILES string of the molecule is CCCC(C)(NC(=O)c1cc(O)no1)C(=O)O. The number of aromatic hydroxyl groups is 1. The van der Waals surface area contributed by atoms with E-state index in [9.17, 15) is 9.59 Å². The molecule has 0 saturated heterocycles. The van der Waals surface area contributed by atoms with Crippen molar-refractivity contribution in [1.29, 1.82) is 0 Å². The fourth-order valence-corrected chi connectivity index (χ4v) is 1.41. The summed E-state index contributed by atoms with van der Waals surface area (Å²) in [5, 5.41) is 23.4. The molecule has 1 amide bonds. The smallest absolute Gasteiger partial charge is 0.329 e. The molecule has 94 valence electrons. The van der Waals surface area contributed by atoms with Gasteiger partial charge in [0, 0.05) is 0 Å². The Labute approximate surface area is 97.4 Å². The van der Waals surface area contributed by atoms with Crippen LogP contribution in [0.2, 0.25) is 0 Å². The van der Waals surface area contributed by atoms with Crippen LogP contribution in [0.15, 0.2) is 10.6 Å². The van der Waals surface area contributed by atoms with E-state index in [0.29, 0.717) is 6.42 Å². The third-order valence-electron chi connectivity index (χ3n) is 2.33. The lowest BCUT2D eigenvalue weighted by molar-refractivity contribution is -0.144. The number of carboxylic acids is 1. The summed E-state index contributed by atoms with van der Waals surface area (Å²) in [4.78, 5) is 22.7. The van der Waals surface area contributed by atoms with Gasteiger partial charge in [-0.3, -0.25) is 4.79 Å². The molecule has 3 N–H and O–H groups in total. The number of hydrogen-bond acceptors (Lipinski definition) is 5. The van der Waals surface area contributed by atoms with E-state index in [1.807, 2.05) is 6.92 Å². The molecule has 0 aliphatic carbocycles. The zero-order chi connectivity index (χ0) is 13.1. The first-order valence-corrected chi connectivity index (χ1v) is 5.10. The second kappa shape index (κ2) is 4.86. The highest BCUT2D eigenvalue weighted by molar-refractivity contribution is 5.95. The Morgan fingerprint density at radius 3 is 2.65 bits per heavy atom. The first-order valence-electron chi connectivity index (χ1n) is 5.10. The van der Waals surface area contributed by atoms with Gasteiger partial charge in [-0.2, -0.15) is 0 Å². The molecule has 17 heavy (non-hydrogen) atoms. The summed E-state index contributed by atoms with van der Waals surface area (Å²) in [7, 11) is 0. The molecule has 0 fully saturated rings. The van der Waals surface area contributed by atoms with Crippen molar-refractivity contribution in [2.45, 2.75) is 32.2 Å². The van der Waals surface area contributed by atoms with Crippen LogP contribution in [-0.2, 0) is 4.79 Å². The van der Waals surface area contributed by atoms with Gasteiger partial charge in [0.1, 0.15) is 5.54 Å². The Hall–Kier alpha value is -2.05. The van der Waals surface area contributed by atoms with E-state index in [4.69, 9.17) is 10.2 Å². The maximum atomic E-state index is 11.6. The number of aliphatic carboxylic acids is 1. The highest BCUT2D eigenvalue weighted by Gasteiger charge is 2.35. The Kier molecular flexibility index (Phi) is 3.72. The number of amides is 1. The van der Waals surface area contributed by atoms with Gasteiger partial charge in [0.15, 0.2) is 0 Å². The van der Waals surface area contributed by atoms with Crippen LogP contribution in [0.3, 0.4) is 0 Å². The molecule has 0 saturated carbocycles. The number of carbonyl (C=O) groups excluding carboxylic acids is 1. The largest absolute Gasteiger partial charge is 0.491 e. The van der Waals surface area contributed by atoms with E-state index in [1.165, 1.54) is 6.92 Å². The number of hydrogen-bond donors (Lipinski definition) is 3. The number of rotatable bonds is 5. The van der Waals surface area contributed by atoms with Gasteiger partial charge in [-0.15, -0.1) is 0 Å². The molecule has 0 radical (unpaired) electrons. The molecule has 1 unspecified atom stereocenters. The van der Waals surface area contributed by atoms with Crippen molar-refractivity contribution >= 4 is 11.9 Å². The fourth-order valence-electron chi connectivity index (χ4n) is 1.41. The lowest BCUT2D eigenvalue weighted by Gasteiger charge is -2.24. The van der Waals surface area contributed by atoms with Gasteiger partial charge in [-0.05, 0) is 18.5 Å². The summed E-state index contributed by atoms with van der Waals surface area (Å²) >= 11 is 0. The standard InChI is InChI=1S/C10H14N2O5/c1-3-4-10(2,9(15)16)11-8(14)6-5-7(13)12-17-6/h5H,3-4H2,1-2H3,(H,11,14)(H,12,13)(H,15,16). The molecule has 1 atom stereocenters. The van der Waals surface area contributed by atoms with E-state index in [-0.39, 0.29) is 12.2 Å². The van der Waals surface area contributed by atoms with Crippen molar-refractivity contribution < 1.29 is 24.3 Å². The van der Waals surface area contributed by atoms with E-state index in [2.05, 4.69) is 15.0 Å². The first kappa shape index (κ1) is 13.0. The van der Waals surface area contributed by atoms with Gasteiger partial charge in [-0.25, -0.2) is 4.79 Å². The number of nitrogens with one attached hydrogen (secondary N) is 1. The molecule has 0 bridgehead atoms. The molecule has 1 heterocycles. The van der Waals surface area contributed by atoms with Gasteiger partial charge in [0.2, 0.25) is 5.76 Å². The minimum Gasteiger partial charge on any atom is -0.491 e. The van der Waals surface area contributed by atoms with Crippen molar-refractivity contribution in [2.24, 2.45) is 0 Å². The second-order valence-electron chi connectivity index (χ2n) is 3.89. The predicted octanol–water partition coefficient (Wildman–Crippen LogP) is 0.753. The molecule has 7 nitrogen and oxygen atoms in total. The molecule has 0 aliphatic rings. The summed E-state index contributed by atoms with van der Waals surface area (Å²) in [5.74, 6) is -2.51. The normalized spacial score (nSPS) is 14.0. The average Bonchev–Trinajstić information content (AvgIpc) is 2.65. The quantitative estimate of drug-likeness (QED) is 0.702. The monoisotopic (exact) mass is 242 g/mol. The van der Waals surface area contributed by atoms with Crippen molar-refractivity contribution in [2.75, 3.05) is 0 Å². The zero-order valence-corrected chi connectivity index (χ0v) is 9.56. The van der Waals surface area contributed by atoms with Gasteiger partial charge in [0.25, 0.3) is 11.8 Å². The maximum Gasteiger partial charge on any atom is 0.329 e. The molecule has 0 aliphatic heterocycles. The van der Waals surface area contributed by atoms with Crippen LogP contribution in [-0.4, -0.2) is 32.8 Å². The van der Waals surface area contributed by atoms with Crippen LogP contribution in [0.25, 0.3) is 0 Å². The topological polar surface area (TPSA) is 113 Å². The van der Waals surface area contributed by atoms with Crippen LogP contribution < -0.4 is 5.32 Å². The van der Waals surface area contributed by atoms with Gasteiger partial charge >= 0.3 is 5.97 Å². The Morgan fingerprint density at radius 1 is 1.59 bits per heavy atom. The fraction of sp³-hybridized carbons (Fsp3) is 0.500. The number of carboxylic acid groups (broad SMARTS) is 1. The predicted molar refractivity (Wildman–Crippen MR) is 56.6 cm³/mol. The van der Waals surface area contributed by atoms with Crippen LogP contribution in [0.4, 0.5) is 0 Å². The molecule has 1 aromatic heterocycles. The van der Waals surface area contributed by atoms with Crippen molar-refractivity contribution in [3.63, 3.8) is 0 Å².